The van der Waals surface area contributed by atoms with Gasteiger partial charge in [-0.3, -0.25) is 19.2 Å². The number of aliphatic hydroxyl groups excluding tert-OH is 3. The summed E-state index contributed by atoms with van der Waals surface area (Å²) in [5.41, 5.74) is -4.65. The highest BCUT2D eigenvalue weighted by Crippen LogP contribution is 2.53. The number of hydrogen-bond donors (Lipinski definition) is 8. The number of phenols is 2. The molecule has 3 aliphatic carbocycles. The Morgan fingerprint density at radius 2 is 1.49 bits per heavy atom. The molecule has 6 rings (SSSR count). The third kappa shape index (κ3) is 10.3. The van der Waals surface area contributed by atoms with Gasteiger partial charge in [-0.2, -0.15) is 0 Å². The maximum Gasteiger partial charge on any atom is 0.220 e. The minimum absolute atomic E-state index is 0.0418. The number of carbonyl (C=O) groups excluding carboxylic acids is 4. The van der Waals surface area contributed by atoms with Gasteiger partial charge < -0.3 is 55.3 Å². The number of ketones is 3. The van der Waals surface area contributed by atoms with Gasteiger partial charge in [0.1, 0.15) is 35.6 Å². The predicted molar refractivity (Wildman–Crippen MR) is 229 cm³/mol. The van der Waals surface area contributed by atoms with Gasteiger partial charge in [-0.05, 0) is 50.5 Å². The van der Waals surface area contributed by atoms with Gasteiger partial charge in [0.25, 0.3) is 0 Å². The fraction of sp³-hybridized carbons (Fsp3) is 0.667. The molecular weight excluding hydrogens is 815 g/mol. The van der Waals surface area contributed by atoms with Crippen molar-refractivity contribution in [1.29, 1.82) is 0 Å². The van der Waals surface area contributed by atoms with Crippen LogP contribution in [0.4, 0.5) is 0 Å². The number of rotatable bonds is 10. The Kier molecular flexibility index (Phi) is 15.4. The smallest absolute Gasteiger partial charge is 0.220 e. The van der Waals surface area contributed by atoms with Crippen molar-refractivity contribution in [1.82, 2.24) is 5.32 Å². The Bertz CT molecular complexity index is 2010. The molecule has 1 aliphatic heterocycles. The number of Topliss-reactive ketones (excluding diaryl/α,β-unsaturated/α-hetero) is 1. The lowest BCUT2D eigenvalue weighted by Crippen LogP contribution is -2.56. The van der Waals surface area contributed by atoms with Crippen LogP contribution in [0.2, 0.25) is 0 Å². The summed E-state index contributed by atoms with van der Waals surface area (Å²) in [6.45, 7) is 5.12. The van der Waals surface area contributed by atoms with Crippen LogP contribution in [-0.2, 0) is 25.5 Å². The molecule has 0 bridgehead atoms. The maximum atomic E-state index is 14.0. The van der Waals surface area contributed by atoms with Gasteiger partial charge in [0.05, 0.1) is 42.0 Å². The first-order chi connectivity index (χ1) is 29.9. The Morgan fingerprint density at radius 1 is 0.889 bits per heavy atom. The quantitative estimate of drug-likeness (QED) is 0.0946. The van der Waals surface area contributed by atoms with Crippen LogP contribution in [-0.4, -0.2) is 109 Å². The minimum Gasteiger partial charge on any atom is -0.507 e. The van der Waals surface area contributed by atoms with Crippen LogP contribution in [0, 0.1) is 10.8 Å². The van der Waals surface area contributed by atoms with Crippen molar-refractivity contribution in [3.05, 3.63) is 51.6 Å². The molecule has 1 saturated heterocycles. The highest BCUT2D eigenvalue weighted by molar-refractivity contribution is 6.31. The van der Waals surface area contributed by atoms with Crippen molar-refractivity contribution in [3.63, 3.8) is 0 Å². The molecule has 1 saturated carbocycles. The topological polar surface area (TPSA) is 250 Å². The number of benzene rings is 2. The first-order valence-electron chi connectivity index (χ1n) is 22.7. The van der Waals surface area contributed by atoms with Gasteiger partial charge in [0.2, 0.25) is 11.7 Å². The van der Waals surface area contributed by atoms with Crippen molar-refractivity contribution in [3.8, 4) is 17.2 Å². The van der Waals surface area contributed by atoms with Crippen LogP contribution in [0.3, 0.4) is 0 Å². The molecule has 0 spiro atoms. The van der Waals surface area contributed by atoms with Crippen LogP contribution < -0.4 is 10.1 Å². The minimum atomic E-state index is -2.35. The number of methoxy groups -OCH3 is 1. The third-order valence-electron chi connectivity index (χ3n) is 14.3. The van der Waals surface area contributed by atoms with Gasteiger partial charge in [-0.15, -0.1) is 0 Å². The highest BCUT2D eigenvalue weighted by atomic mass is 16.7. The number of carbonyl (C=O) groups is 4. The standard InChI is InChI=1S/C48H67NO14/c1-27-40(53)30(49-34(52)17-22-47(45(58)59)20-12-8-6-5-7-10-18-46(2,3)19-11-9-13-21-47)23-35(62-27)63-32-25-48(60,33(51)26-50)24-29-37(32)44(57)39-38(42(29)55)41(54)28-15-14-16-31(61-4)36(28)43(39)56/h14-16,27,30,32,35,40,45,50,53,55,57-60H,5-13,17-26H2,1-4H3,(H,49,52)/t27?,30?,32-,35-,40+,47?,48-/m0/s1. The van der Waals surface area contributed by atoms with Crippen LogP contribution in [0.1, 0.15) is 179 Å². The van der Waals surface area contributed by atoms with E-state index in [0.717, 1.165) is 51.4 Å². The van der Waals surface area contributed by atoms with Gasteiger partial charge in [-0.1, -0.05) is 83.8 Å². The number of nitrogens with one attached hydrogen (secondary N) is 1. The van der Waals surface area contributed by atoms with Crippen molar-refractivity contribution in [2.45, 2.75) is 179 Å². The zero-order chi connectivity index (χ0) is 45.9. The van der Waals surface area contributed by atoms with Crippen LogP contribution in [0.5, 0.6) is 17.2 Å². The molecule has 4 aliphatic rings. The molecule has 3 unspecified atom stereocenters. The molecule has 1 amide bonds. The number of ether oxygens (including phenoxy) is 3. The molecule has 2 aromatic carbocycles. The van der Waals surface area contributed by atoms with Crippen molar-refractivity contribution >= 4 is 23.3 Å². The van der Waals surface area contributed by atoms with E-state index in [9.17, 15) is 54.9 Å². The van der Waals surface area contributed by atoms with Crippen molar-refractivity contribution < 1.29 is 69.1 Å². The van der Waals surface area contributed by atoms with Gasteiger partial charge >= 0.3 is 0 Å². The summed E-state index contributed by atoms with van der Waals surface area (Å²) < 4.78 is 17.7. The summed E-state index contributed by atoms with van der Waals surface area (Å²) in [4.78, 5) is 54.7. The van der Waals surface area contributed by atoms with E-state index in [2.05, 4.69) is 19.2 Å². The summed E-state index contributed by atoms with van der Waals surface area (Å²) >= 11 is 0. The van der Waals surface area contributed by atoms with E-state index >= 15 is 0 Å². The Labute approximate surface area is 369 Å². The van der Waals surface area contributed by atoms with Crippen LogP contribution in [0.15, 0.2) is 18.2 Å². The zero-order valence-corrected chi connectivity index (χ0v) is 37.1. The number of amides is 1. The van der Waals surface area contributed by atoms with E-state index in [4.69, 9.17) is 14.2 Å². The van der Waals surface area contributed by atoms with E-state index < -0.39 is 113 Å². The molecule has 15 heteroatoms. The number of aliphatic hydroxyl groups is 5. The van der Waals surface area contributed by atoms with E-state index in [1.807, 2.05) is 0 Å². The zero-order valence-electron chi connectivity index (χ0n) is 37.1. The third-order valence-corrected chi connectivity index (χ3v) is 14.3. The van der Waals surface area contributed by atoms with E-state index in [1.165, 1.54) is 44.6 Å². The van der Waals surface area contributed by atoms with Gasteiger partial charge in [-0.25, -0.2) is 0 Å². The number of hydrogen-bond acceptors (Lipinski definition) is 14. The van der Waals surface area contributed by atoms with Gasteiger partial charge in [0.15, 0.2) is 24.1 Å². The number of fused-ring (bicyclic) bond motifs is 3. The largest absolute Gasteiger partial charge is 0.507 e. The molecule has 0 aromatic heterocycles. The monoisotopic (exact) mass is 881 g/mol. The van der Waals surface area contributed by atoms with Crippen molar-refractivity contribution in [2.24, 2.45) is 10.8 Å². The average molecular weight is 882 g/mol. The lowest BCUT2D eigenvalue weighted by molar-refractivity contribution is -0.249. The van der Waals surface area contributed by atoms with Crippen LogP contribution >= 0.6 is 0 Å². The average Bonchev–Trinajstić information content (AvgIpc) is 3.24. The Morgan fingerprint density at radius 3 is 2.11 bits per heavy atom. The molecule has 63 heavy (non-hydrogen) atoms. The van der Waals surface area contributed by atoms with Crippen LogP contribution in [0.25, 0.3) is 0 Å². The predicted octanol–water partition coefficient (Wildman–Crippen LogP) is 5.35. The fourth-order valence-electron chi connectivity index (χ4n) is 10.4. The van der Waals surface area contributed by atoms with Crippen molar-refractivity contribution in [2.75, 3.05) is 13.7 Å². The summed E-state index contributed by atoms with van der Waals surface area (Å²) in [7, 11) is 1.31. The summed E-state index contributed by atoms with van der Waals surface area (Å²) in [6, 6.07) is 3.40. The lowest BCUT2D eigenvalue weighted by atomic mass is 9.72. The van der Waals surface area contributed by atoms with E-state index in [-0.39, 0.29) is 52.7 Å². The molecular formula is C48H67NO14. The second-order valence-corrected chi connectivity index (χ2v) is 19.3. The first-order valence-corrected chi connectivity index (χ1v) is 22.7. The maximum absolute atomic E-state index is 14.0. The lowest BCUT2D eigenvalue weighted by Gasteiger charge is -2.43. The molecule has 2 fully saturated rings. The molecule has 8 N–H and O–H groups in total. The first kappa shape index (κ1) is 48.5. The fourth-order valence-corrected chi connectivity index (χ4v) is 10.4. The second-order valence-electron chi connectivity index (χ2n) is 19.3. The highest BCUT2D eigenvalue weighted by Gasteiger charge is 2.50. The SMILES string of the molecule is COc1cccc2c1C(=O)c1c(O)c3c(c(O)c1C2=O)C[C@@](O)(C(=O)CO)C[C@@H]3O[C@H]1CC(NC(=O)CCC2(C(O)O)CCCCCCCCC(C)(C)CCCCC2)[C@H](O)C(C)O1. The number of aromatic hydroxyl groups is 2. The molecule has 2 aromatic rings. The Hall–Kier alpha value is -3.96. The summed E-state index contributed by atoms with van der Waals surface area (Å²) in [6.07, 6.45) is 4.93. The van der Waals surface area contributed by atoms with E-state index in [0.29, 0.717) is 12.8 Å². The van der Waals surface area contributed by atoms with Gasteiger partial charge in [0, 0.05) is 47.8 Å². The molecule has 15 nitrogen and oxygen atoms in total. The molecule has 0 radical (unpaired) electrons. The Balaban J connectivity index is 1.22. The molecule has 1 heterocycles. The second kappa shape index (κ2) is 20.1. The van der Waals surface area contributed by atoms with E-state index in [1.54, 1.807) is 6.92 Å². The molecule has 348 valence electrons. The summed E-state index contributed by atoms with van der Waals surface area (Å²) in [5.74, 6) is -4.48. The summed E-state index contributed by atoms with van der Waals surface area (Å²) in [5, 5.41) is 80.9. The molecule has 7 atom stereocenters. The number of phenolic OH excluding ortho intramolecular Hbond substituents is 2. The normalized spacial score (nSPS) is 29.4.